The molecule has 0 aromatic carbocycles. The zero-order valence-electron chi connectivity index (χ0n) is 12.5. The smallest absolute Gasteiger partial charge is 0.310 e. The number of hydrogen-bond acceptors (Lipinski definition) is 2. The normalized spacial score (nSPS) is 11.4. The highest BCUT2D eigenvalue weighted by Crippen LogP contribution is 2.12. The van der Waals surface area contributed by atoms with Crippen LogP contribution in [0.5, 0.6) is 0 Å². The summed E-state index contributed by atoms with van der Waals surface area (Å²) >= 11 is 0. The van der Waals surface area contributed by atoms with E-state index in [1.165, 1.54) is 57.3 Å². The first-order chi connectivity index (χ1) is 9.75. The number of unbranched alkanes of at least 4 members (excludes halogenated alkanes) is 7. The summed E-state index contributed by atoms with van der Waals surface area (Å²) in [4.78, 5) is 3.93. The Morgan fingerprint density at radius 3 is 2.40 bits per heavy atom. The standard InChI is InChI=1S/C15H27F2N3/c1-2-3-4-5-6-7-8-9-10-18-13-14-19-11-12-20(14)15(16)17/h11-12,15,18H,2-10,13H2,1H3. The average molecular weight is 287 g/mol. The second kappa shape index (κ2) is 10.8. The second-order valence-electron chi connectivity index (χ2n) is 5.18. The Kier molecular flexibility index (Phi) is 9.20. The molecule has 0 amide bonds. The maximum absolute atomic E-state index is 12.6. The van der Waals surface area contributed by atoms with Crippen LogP contribution in [0.15, 0.2) is 12.4 Å². The van der Waals surface area contributed by atoms with Crippen molar-refractivity contribution < 1.29 is 8.78 Å². The third-order valence-electron chi connectivity index (χ3n) is 3.45. The number of halogens is 2. The van der Waals surface area contributed by atoms with E-state index in [0.29, 0.717) is 12.4 Å². The van der Waals surface area contributed by atoms with E-state index < -0.39 is 6.55 Å². The van der Waals surface area contributed by atoms with Crippen LogP contribution in [-0.2, 0) is 6.54 Å². The van der Waals surface area contributed by atoms with Crippen molar-refractivity contribution in [3.63, 3.8) is 0 Å². The molecule has 1 N–H and O–H groups in total. The summed E-state index contributed by atoms with van der Waals surface area (Å²) in [5.41, 5.74) is 0. The molecule has 0 atom stereocenters. The molecule has 0 bridgehead atoms. The number of aromatic nitrogens is 2. The summed E-state index contributed by atoms with van der Waals surface area (Å²) in [6.07, 6.45) is 13.0. The number of hydrogen-bond donors (Lipinski definition) is 1. The van der Waals surface area contributed by atoms with Gasteiger partial charge in [0, 0.05) is 12.4 Å². The Morgan fingerprint density at radius 1 is 1.10 bits per heavy atom. The molecular formula is C15H27F2N3. The lowest BCUT2D eigenvalue weighted by Gasteiger charge is -2.07. The molecule has 0 aliphatic carbocycles. The van der Waals surface area contributed by atoms with Gasteiger partial charge in [-0.3, -0.25) is 4.57 Å². The molecule has 0 aliphatic rings. The molecule has 1 aromatic heterocycles. The summed E-state index contributed by atoms with van der Waals surface area (Å²) in [5.74, 6) is 0.402. The summed E-state index contributed by atoms with van der Waals surface area (Å²) in [6.45, 7) is 1.00. The van der Waals surface area contributed by atoms with Gasteiger partial charge in [-0.15, -0.1) is 0 Å². The lowest BCUT2D eigenvalue weighted by molar-refractivity contribution is 0.0666. The Hall–Kier alpha value is -0.970. The Morgan fingerprint density at radius 2 is 1.75 bits per heavy atom. The van der Waals surface area contributed by atoms with E-state index in [0.717, 1.165) is 17.5 Å². The second-order valence-corrected chi connectivity index (χ2v) is 5.18. The lowest BCUT2D eigenvalue weighted by atomic mass is 10.1. The minimum absolute atomic E-state index is 0.402. The molecule has 1 aromatic rings. The van der Waals surface area contributed by atoms with E-state index in [9.17, 15) is 8.78 Å². The number of nitrogens with zero attached hydrogens (tertiary/aromatic N) is 2. The molecule has 5 heteroatoms. The number of nitrogens with one attached hydrogen (secondary N) is 1. The Labute approximate surface area is 120 Å². The molecule has 1 rings (SSSR count). The zero-order chi connectivity index (χ0) is 14.6. The first-order valence-corrected chi connectivity index (χ1v) is 7.76. The number of alkyl halides is 2. The van der Waals surface area contributed by atoms with E-state index in [1.54, 1.807) is 0 Å². The van der Waals surface area contributed by atoms with Crippen molar-refractivity contribution in [2.45, 2.75) is 71.4 Å². The molecule has 0 saturated heterocycles. The van der Waals surface area contributed by atoms with Crippen LogP contribution in [0.3, 0.4) is 0 Å². The number of imidazole rings is 1. The van der Waals surface area contributed by atoms with Crippen LogP contribution in [0.25, 0.3) is 0 Å². The predicted molar refractivity (Wildman–Crippen MR) is 77.8 cm³/mol. The largest absolute Gasteiger partial charge is 0.319 e. The van der Waals surface area contributed by atoms with Crippen LogP contribution in [0.4, 0.5) is 8.78 Å². The predicted octanol–water partition coefficient (Wildman–Crippen LogP) is 4.51. The minimum atomic E-state index is -2.50. The molecule has 0 aliphatic heterocycles. The van der Waals surface area contributed by atoms with Gasteiger partial charge in [-0.25, -0.2) is 4.98 Å². The van der Waals surface area contributed by atoms with E-state index in [1.807, 2.05) is 0 Å². The van der Waals surface area contributed by atoms with Crippen molar-refractivity contribution in [3.8, 4) is 0 Å². The van der Waals surface area contributed by atoms with Gasteiger partial charge in [-0.2, -0.15) is 8.78 Å². The molecular weight excluding hydrogens is 260 g/mol. The van der Waals surface area contributed by atoms with Crippen molar-refractivity contribution in [3.05, 3.63) is 18.2 Å². The molecule has 0 unspecified atom stereocenters. The average Bonchev–Trinajstić information content (AvgIpc) is 2.89. The fourth-order valence-electron chi connectivity index (χ4n) is 2.24. The van der Waals surface area contributed by atoms with Crippen molar-refractivity contribution in [1.82, 2.24) is 14.9 Å². The Balaban J connectivity index is 1.96. The summed E-state index contributed by atoms with van der Waals surface area (Å²) in [6, 6.07) is 0. The maximum atomic E-state index is 12.6. The molecule has 0 saturated carbocycles. The molecule has 3 nitrogen and oxygen atoms in total. The van der Waals surface area contributed by atoms with Crippen LogP contribution < -0.4 is 5.32 Å². The molecule has 0 fully saturated rings. The van der Waals surface area contributed by atoms with Gasteiger partial charge in [0.2, 0.25) is 0 Å². The Bertz CT molecular complexity index is 340. The minimum Gasteiger partial charge on any atom is -0.310 e. The highest BCUT2D eigenvalue weighted by Gasteiger charge is 2.10. The maximum Gasteiger partial charge on any atom is 0.319 e. The summed E-state index contributed by atoms with van der Waals surface area (Å²) in [5, 5.41) is 3.18. The van der Waals surface area contributed by atoms with Crippen LogP contribution in [-0.4, -0.2) is 16.1 Å². The van der Waals surface area contributed by atoms with Crippen LogP contribution in [0.2, 0.25) is 0 Å². The van der Waals surface area contributed by atoms with Gasteiger partial charge >= 0.3 is 6.55 Å². The van der Waals surface area contributed by atoms with Crippen molar-refractivity contribution in [2.24, 2.45) is 0 Å². The SMILES string of the molecule is CCCCCCCCCCNCc1nccn1C(F)F. The van der Waals surface area contributed by atoms with Gasteiger partial charge < -0.3 is 5.32 Å². The van der Waals surface area contributed by atoms with Crippen molar-refractivity contribution >= 4 is 0 Å². The third kappa shape index (κ3) is 6.98. The summed E-state index contributed by atoms with van der Waals surface area (Å²) < 4.78 is 26.0. The topological polar surface area (TPSA) is 29.9 Å². The lowest BCUT2D eigenvalue weighted by Crippen LogP contribution is -2.18. The van der Waals surface area contributed by atoms with Crippen molar-refractivity contribution in [2.75, 3.05) is 6.54 Å². The zero-order valence-corrected chi connectivity index (χ0v) is 12.5. The summed E-state index contributed by atoms with van der Waals surface area (Å²) in [7, 11) is 0. The highest BCUT2D eigenvalue weighted by atomic mass is 19.3. The van der Waals surface area contributed by atoms with Crippen LogP contribution >= 0.6 is 0 Å². The van der Waals surface area contributed by atoms with Gasteiger partial charge in [0.05, 0.1) is 6.54 Å². The quantitative estimate of drug-likeness (QED) is 0.573. The van der Waals surface area contributed by atoms with E-state index >= 15 is 0 Å². The van der Waals surface area contributed by atoms with E-state index in [4.69, 9.17) is 0 Å². The van der Waals surface area contributed by atoms with Crippen molar-refractivity contribution in [1.29, 1.82) is 0 Å². The highest BCUT2D eigenvalue weighted by molar-refractivity contribution is 4.92. The third-order valence-corrected chi connectivity index (χ3v) is 3.45. The van der Waals surface area contributed by atoms with Crippen LogP contribution in [0.1, 0.15) is 70.7 Å². The van der Waals surface area contributed by atoms with Gasteiger partial charge in [-0.1, -0.05) is 51.9 Å². The monoisotopic (exact) mass is 287 g/mol. The van der Waals surface area contributed by atoms with Gasteiger partial charge in [0.25, 0.3) is 0 Å². The first-order valence-electron chi connectivity index (χ1n) is 7.76. The fraction of sp³-hybridized carbons (Fsp3) is 0.800. The molecule has 1 heterocycles. The van der Waals surface area contributed by atoms with E-state index in [2.05, 4.69) is 17.2 Å². The molecule has 0 radical (unpaired) electrons. The van der Waals surface area contributed by atoms with Gasteiger partial charge in [0.15, 0.2) is 0 Å². The van der Waals surface area contributed by atoms with Crippen LogP contribution in [0, 0.1) is 0 Å². The van der Waals surface area contributed by atoms with Gasteiger partial charge in [-0.05, 0) is 13.0 Å². The number of rotatable bonds is 12. The molecule has 20 heavy (non-hydrogen) atoms. The molecule has 116 valence electrons. The van der Waals surface area contributed by atoms with Gasteiger partial charge in [0.1, 0.15) is 5.82 Å². The molecule has 0 spiro atoms. The first kappa shape index (κ1) is 17.1. The van der Waals surface area contributed by atoms with E-state index in [-0.39, 0.29) is 0 Å². The fourth-order valence-corrected chi connectivity index (χ4v) is 2.24.